The molecule has 11 atom stereocenters. The average Bonchev–Trinajstić information content (AvgIpc) is 3.17. The molecule has 0 aromatic carbocycles. The average molecular weight is 244 g/mol. The van der Waals surface area contributed by atoms with Crippen LogP contribution in [0.5, 0.6) is 0 Å². The van der Waals surface area contributed by atoms with E-state index in [-0.39, 0.29) is 0 Å². The van der Waals surface area contributed by atoms with E-state index in [0.29, 0.717) is 0 Å². The molecule has 5 saturated carbocycles. The maximum atomic E-state index is 2.73. The second-order valence-electron chi connectivity index (χ2n) is 8.94. The molecule has 5 aliphatic carbocycles. The first kappa shape index (κ1) is 10.7. The van der Waals surface area contributed by atoms with Crippen LogP contribution in [0.3, 0.4) is 0 Å². The van der Waals surface area contributed by atoms with Gasteiger partial charge in [0.25, 0.3) is 0 Å². The van der Waals surface area contributed by atoms with Crippen LogP contribution >= 0.6 is 0 Å². The Hall–Kier alpha value is 0. The molecule has 0 heteroatoms. The smallest absolute Gasteiger partial charge is 0.0168 e. The van der Waals surface area contributed by atoms with Crippen LogP contribution in [0, 0.1) is 64.1 Å². The first-order chi connectivity index (χ1) is 8.51. The third-order valence-electron chi connectivity index (χ3n) is 9.13. The van der Waals surface area contributed by atoms with Crippen molar-refractivity contribution in [3.8, 4) is 0 Å². The van der Waals surface area contributed by atoms with Crippen molar-refractivity contribution in [1.29, 1.82) is 0 Å². The summed E-state index contributed by atoms with van der Waals surface area (Å²) in [6, 6.07) is 0. The first-order valence-electron chi connectivity index (χ1n) is 8.51. The molecule has 0 amide bonds. The Morgan fingerprint density at radius 1 is 0.889 bits per heavy atom. The van der Waals surface area contributed by atoms with Crippen LogP contribution in [-0.2, 0) is 0 Å². The molecular weight excluding hydrogens is 216 g/mol. The summed E-state index contributed by atoms with van der Waals surface area (Å²) in [6.45, 7) is 12.8. The predicted octanol–water partition coefficient (Wildman–Crippen LogP) is 4.45. The fraction of sp³-hybridized carbons (Fsp3) is 1.00. The molecule has 0 bridgehead atoms. The standard InChI is InChI=1S/C18H28/c1-6-11-8(2)13(11)17(5)15-10(4)16(15)18(17)7-12-9(3)14(12)18/h8-16H,6-7H2,1-5H3. The van der Waals surface area contributed by atoms with Crippen molar-refractivity contribution in [3.05, 3.63) is 0 Å². The van der Waals surface area contributed by atoms with Crippen LogP contribution < -0.4 is 0 Å². The van der Waals surface area contributed by atoms with Crippen LogP contribution in [0.2, 0.25) is 0 Å². The Morgan fingerprint density at radius 3 is 2.06 bits per heavy atom. The van der Waals surface area contributed by atoms with Gasteiger partial charge in [-0.3, -0.25) is 0 Å². The van der Waals surface area contributed by atoms with E-state index in [0.717, 1.165) is 52.3 Å². The van der Waals surface area contributed by atoms with Crippen LogP contribution in [0.25, 0.3) is 0 Å². The van der Waals surface area contributed by atoms with Gasteiger partial charge in [-0.1, -0.05) is 41.0 Å². The van der Waals surface area contributed by atoms with Gasteiger partial charge in [0, 0.05) is 0 Å². The second-order valence-corrected chi connectivity index (χ2v) is 8.94. The van der Waals surface area contributed by atoms with Gasteiger partial charge in [0.1, 0.15) is 0 Å². The largest absolute Gasteiger partial charge is 0.0651 e. The van der Waals surface area contributed by atoms with Gasteiger partial charge in [0.05, 0.1) is 0 Å². The summed E-state index contributed by atoms with van der Waals surface area (Å²) in [5.74, 6) is 10.0. The van der Waals surface area contributed by atoms with Gasteiger partial charge >= 0.3 is 0 Å². The molecule has 5 rings (SSSR count). The highest BCUT2D eigenvalue weighted by atomic mass is 15.0. The number of hydrogen-bond donors (Lipinski definition) is 0. The lowest BCUT2D eigenvalue weighted by molar-refractivity contribution is -0.171. The summed E-state index contributed by atoms with van der Waals surface area (Å²) in [6.07, 6.45) is 3.06. The highest BCUT2D eigenvalue weighted by molar-refractivity contribution is 5.40. The zero-order valence-corrected chi connectivity index (χ0v) is 12.6. The third-order valence-corrected chi connectivity index (χ3v) is 9.13. The summed E-state index contributed by atoms with van der Waals surface area (Å²) in [5, 5.41) is 0. The van der Waals surface area contributed by atoms with Crippen molar-refractivity contribution in [2.75, 3.05) is 0 Å². The Balaban J connectivity index is 1.53. The van der Waals surface area contributed by atoms with E-state index in [1.807, 2.05) is 0 Å². The van der Waals surface area contributed by atoms with Crippen LogP contribution in [0.1, 0.15) is 47.5 Å². The molecule has 0 saturated heterocycles. The monoisotopic (exact) mass is 244 g/mol. The molecule has 0 nitrogen and oxygen atoms in total. The summed E-state index contributed by atoms with van der Waals surface area (Å²) >= 11 is 0. The van der Waals surface area contributed by atoms with Crippen molar-refractivity contribution in [2.45, 2.75) is 47.5 Å². The zero-order valence-electron chi connectivity index (χ0n) is 12.6. The fourth-order valence-corrected chi connectivity index (χ4v) is 8.45. The Kier molecular flexibility index (Phi) is 1.55. The number of hydrogen-bond acceptors (Lipinski definition) is 0. The summed E-state index contributed by atoms with van der Waals surface area (Å²) < 4.78 is 0. The van der Waals surface area contributed by atoms with Gasteiger partial charge in [0.2, 0.25) is 0 Å². The highest BCUT2D eigenvalue weighted by Crippen LogP contribution is 2.97. The molecule has 11 unspecified atom stereocenters. The van der Waals surface area contributed by atoms with Gasteiger partial charge in [-0.25, -0.2) is 0 Å². The van der Waals surface area contributed by atoms with Crippen molar-refractivity contribution in [2.24, 2.45) is 64.1 Å². The molecule has 100 valence electrons. The molecule has 5 aliphatic rings. The van der Waals surface area contributed by atoms with Crippen molar-refractivity contribution in [1.82, 2.24) is 0 Å². The number of rotatable bonds is 2. The van der Waals surface area contributed by atoms with E-state index in [4.69, 9.17) is 0 Å². The minimum atomic E-state index is 0.767. The van der Waals surface area contributed by atoms with Crippen molar-refractivity contribution < 1.29 is 0 Å². The molecule has 0 aromatic rings. The first-order valence-corrected chi connectivity index (χ1v) is 8.51. The molecule has 1 spiro atoms. The lowest BCUT2D eigenvalue weighted by Crippen LogP contribution is -2.60. The van der Waals surface area contributed by atoms with Gasteiger partial charge in [-0.15, -0.1) is 0 Å². The predicted molar refractivity (Wildman–Crippen MR) is 73.9 cm³/mol. The van der Waals surface area contributed by atoms with Crippen LogP contribution in [-0.4, -0.2) is 0 Å². The zero-order chi connectivity index (χ0) is 12.6. The topological polar surface area (TPSA) is 0 Å². The van der Waals surface area contributed by atoms with Crippen molar-refractivity contribution in [3.63, 3.8) is 0 Å². The van der Waals surface area contributed by atoms with E-state index in [9.17, 15) is 0 Å². The van der Waals surface area contributed by atoms with Crippen LogP contribution in [0.15, 0.2) is 0 Å². The number of fused-ring (bicyclic) bond motifs is 4. The minimum absolute atomic E-state index is 0.767. The normalized spacial score (nSPS) is 78.2. The summed E-state index contributed by atoms with van der Waals surface area (Å²) in [7, 11) is 0. The Labute approximate surface area is 112 Å². The molecule has 0 aromatic heterocycles. The molecule has 18 heavy (non-hydrogen) atoms. The lowest BCUT2D eigenvalue weighted by atomic mass is 9.40. The SMILES string of the molecule is CCC1C(C)C1C1(C)C2C(C)C2C12CC1C(C)C12. The quantitative estimate of drug-likeness (QED) is 0.673. The van der Waals surface area contributed by atoms with Gasteiger partial charge in [-0.2, -0.15) is 0 Å². The molecule has 5 fully saturated rings. The molecule has 0 heterocycles. The van der Waals surface area contributed by atoms with E-state index in [1.54, 1.807) is 6.42 Å². The summed E-state index contributed by atoms with van der Waals surface area (Å²) in [5.41, 5.74) is 1.62. The maximum Gasteiger partial charge on any atom is -0.0168 e. The second kappa shape index (κ2) is 2.59. The van der Waals surface area contributed by atoms with E-state index < -0.39 is 0 Å². The van der Waals surface area contributed by atoms with Crippen molar-refractivity contribution >= 4 is 0 Å². The molecule has 0 aliphatic heterocycles. The molecule has 0 radical (unpaired) electrons. The summed E-state index contributed by atoms with van der Waals surface area (Å²) in [4.78, 5) is 0. The maximum absolute atomic E-state index is 2.73. The highest BCUT2D eigenvalue weighted by Gasteiger charge is 2.93. The van der Waals surface area contributed by atoms with Crippen LogP contribution in [0.4, 0.5) is 0 Å². The fourth-order valence-electron chi connectivity index (χ4n) is 8.45. The van der Waals surface area contributed by atoms with Gasteiger partial charge in [-0.05, 0) is 70.5 Å². The molecular formula is C18H28. The minimum Gasteiger partial charge on any atom is -0.0651 e. The van der Waals surface area contributed by atoms with E-state index in [2.05, 4.69) is 34.6 Å². The lowest BCUT2D eigenvalue weighted by Gasteiger charge is -2.64. The Bertz CT molecular complexity index is 431. The van der Waals surface area contributed by atoms with E-state index >= 15 is 0 Å². The Morgan fingerprint density at radius 2 is 1.61 bits per heavy atom. The molecule has 0 N–H and O–H groups in total. The van der Waals surface area contributed by atoms with Gasteiger partial charge in [0.15, 0.2) is 0 Å². The van der Waals surface area contributed by atoms with E-state index in [1.165, 1.54) is 18.3 Å². The van der Waals surface area contributed by atoms with Gasteiger partial charge < -0.3 is 0 Å². The third kappa shape index (κ3) is 0.735.